The molecule has 2 amide bonds. The van der Waals surface area contributed by atoms with Crippen LogP contribution in [0.4, 0.5) is 0 Å². The predicted octanol–water partition coefficient (Wildman–Crippen LogP) is 0.499. The standard InChI is InChI=1S/C13H14N2O3/c1-4-7-18-11-8-9(12(14)16)5-6-10(11)13(17)15(2)3/h1,5-6,8H,7H2,2-3H3,(H2,14,16). The Morgan fingerprint density at radius 1 is 1.44 bits per heavy atom. The van der Waals surface area contributed by atoms with Crippen LogP contribution in [0.3, 0.4) is 0 Å². The summed E-state index contributed by atoms with van der Waals surface area (Å²) in [5.74, 6) is 1.72. The van der Waals surface area contributed by atoms with E-state index in [-0.39, 0.29) is 23.8 Å². The van der Waals surface area contributed by atoms with Crippen LogP contribution in [-0.4, -0.2) is 37.4 Å². The number of carbonyl (C=O) groups is 2. The zero-order chi connectivity index (χ0) is 13.7. The van der Waals surface area contributed by atoms with E-state index >= 15 is 0 Å². The normalized spacial score (nSPS) is 9.39. The Morgan fingerprint density at radius 3 is 2.61 bits per heavy atom. The number of hydrogen-bond acceptors (Lipinski definition) is 3. The number of nitrogens with zero attached hydrogens (tertiary/aromatic N) is 1. The van der Waals surface area contributed by atoms with Gasteiger partial charge in [-0.25, -0.2) is 0 Å². The lowest BCUT2D eigenvalue weighted by atomic mass is 10.1. The van der Waals surface area contributed by atoms with Gasteiger partial charge in [-0.05, 0) is 18.2 Å². The van der Waals surface area contributed by atoms with Gasteiger partial charge in [0.25, 0.3) is 5.91 Å². The molecule has 0 unspecified atom stereocenters. The third-order valence-corrected chi connectivity index (χ3v) is 2.21. The van der Waals surface area contributed by atoms with Crippen LogP contribution in [0.2, 0.25) is 0 Å². The monoisotopic (exact) mass is 246 g/mol. The molecule has 5 nitrogen and oxygen atoms in total. The highest BCUT2D eigenvalue weighted by Crippen LogP contribution is 2.21. The van der Waals surface area contributed by atoms with E-state index < -0.39 is 5.91 Å². The Bertz CT molecular complexity index is 515. The van der Waals surface area contributed by atoms with Crippen molar-refractivity contribution in [3.8, 4) is 18.1 Å². The molecule has 0 fully saturated rings. The average Bonchev–Trinajstić information content (AvgIpc) is 2.34. The third kappa shape index (κ3) is 3.01. The maximum Gasteiger partial charge on any atom is 0.257 e. The molecule has 1 aromatic carbocycles. The molecule has 0 radical (unpaired) electrons. The number of nitrogens with two attached hydrogens (primary N) is 1. The van der Waals surface area contributed by atoms with E-state index in [1.165, 1.54) is 23.1 Å². The van der Waals surface area contributed by atoms with Crippen molar-refractivity contribution in [2.75, 3.05) is 20.7 Å². The minimum absolute atomic E-state index is 0.00985. The summed E-state index contributed by atoms with van der Waals surface area (Å²) in [5.41, 5.74) is 5.76. The molecule has 0 heterocycles. The Labute approximate surface area is 106 Å². The second kappa shape index (κ2) is 5.73. The number of rotatable bonds is 4. The molecule has 5 heteroatoms. The van der Waals surface area contributed by atoms with Crippen LogP contribution >= 0.6 is 0 Å². The molecule has 0 aliphatic heterocycles. The number of carbonyl (C=O) groups excluding carboxylic acids is 2. The lowest BCUT2D eigenvalue weighted by Crippen LogP contribution is -2.23. The lowest BCUT2D eigenvalue weighted by Gasteiger charge is -2.14. The van der Waals surface area contributed by atoms with Gasteiger partial charge < -0.3 is 15.4 Å². The molecule has 94 valence electrons. The Kier molecular flexibility index (Phi) is 4.33. The van der Waals surface area contributed by atoms with Gasteiger partial charge in [0.15, 0.2) is 0 Å². The second-order valence-electron chi connectivity index (χ2n) is 3.77. The van der Waals surface area contributed by atoms with E-state index in [9.17, 15) is 9.59 Å². The van der Waals surface area contributed by atoms with Crippen molar-refractivity contribution in [1.82, 2.24) is 4.90 Å². The number of hydrogen-bond donors (Lipinski definition) is 1. The summed E-state index contributed by atoms with van der Waals surface area (Å²) in [6, 6.07) is 4.38. The maximum absolute atomic E-state index is 11.9. The molecule has 1 rings (SSSR count). The summed E-state index contributed by atoms with van der Waals surface area (Å²) < 4.78 is 5.26. The molecule has 0 saturated carbocycles. The summed E-state index contributed by atoms with van der Waals surface area (Å²) in [6.45, 7) is 0.00985. The van der Waals surface area contributed by atoms with Crippen LogP contribution in [0, 0.1) is 12.3 Å². The average molecular weight is 246 g/mol. The molecule has 18 heavy (non-hydrogen) atoms. The van der Waals surface area contributed by atoms with Crippen molar-refractivity contribution in [3.63, 3.8) is 0 Å². The van der Waals surface area contributed by atoms with Crippen molar-refractivity contribution >= 4 is 11.8 Å². The van der Waals surface area contributed by atoms with E-state index in [4.69, 9.17) is 16.9 Å². The summed E-state index contributed by atoms with van der Waals surface area (Å²) in [5, 5.41) is 0. The molecule has 0 spiro atoms. The van der Waals surface area contributed by atoms with E-state index in [0.29, 0.717) is 5.56 Å². The molecular formula is C13H14N2O3. The molecule has 0 bridgehead atoms. The first-order chi connectivity index (χ1) is 8.47. The highest BCUT2D eigenvalue weighted by Gasteiger charge is 2.16. The summed E-state index contributed by atoms with van der Waals surface area (Å²) in [7, 11) is 3.24. The highest BCUT2D eigenvalue weighted by atomic mass is 16.5. The minimum atomic E-state index is -0.593. The molecule has 0 atom stereocenters. The highest BCUT2D eigenvalue weighted by molar-refractivity contribution is 5.99. The number of amides is 2. The van der Waals surface area contributed by atoms with Gasteiger partial charge in [0, 0.05) is 19.7 Å². The van der Waals surface area contributed by atoms with Gasteiger partial charge in [-0.3, -0.25) is 9.59 Å². The molecule has 0 saturated heterocycles. The maximum atomic E-state index is 11.9. The summed E-state index contributed by atoms with van der Waals surface area (Å²) in [4.78, 5) is 24.4. The molecule has 0 aliphatic rings. The van der Waals surface area contributed by atoms with Crippen molar-refractivity contribution in [2.24, 2.45) is 5.73 Å². The third-order valence-electron chi connectivity index (χ3n) is 2.21. The largest absolute Gasteiger partial charge is 0.480 e. The fourth-order valence-electron chi connectivity index (χ4n) is 1.33. The van der Waals surface area contributed by atoms with Gasteiger partial charge in [0.1, 0.15) is 12.4 Å². The number of primary amides is 1. The van der Waals surface area contributed by atoms with Crippen LogP contribution in [0.5, 0.6) is 5.75 Å². The van der Waals surface area contributed by atoms with Crippen LogP contribution in [-0.2, 0) is 0 Å². The number of terminal acetylenes is 1. The first-order valence-corrected chi connectivity index (χ1v) is 5.19. The fraction of sp³-hybridized carbons (Fsp3) is 0.231. The SMILES string of the molecule is C#CCOc1cc(C(N)=O)ccc1C(=O)N(C)C. The molecule has 0 aromatic heterocycles. The number of benzene rings is 1. The molecule has 2 N–H and O–H groups in total. The smallest absolute Gasteiger partial charge is 0.257 e. The molecular weight excluding hydrogens is 232 g/mol. The van der Waals surface area contributed by atoms with Gasteiger partial charge in [-0.15, -0.1) is 6.42 Å². The van der Waals surface area contributed by atoms with Gasteiger partial charge in [-0.2, -0.15) is 0 Å². The van der Waals surface area contributed by atoms with Gasteiger partial charge in [0.05, 0.1) is 5.56 Å². The summed E-state index contributed by atoms with van der Waals surface area (Å²) >= 11 is 0. The van der Waals surface area contributed by atoms with E-state index in [1.807, 2.05) is 0 Å². The Hall–Kier alpha value is -2.48. The lowest BCUT2D eigenvalue weighted by molar-refractivity contribution is 0.0823. The first kappa shape index (κ1) is 13.6. The predicted molar refractivity (Wildman–Crippen MR) is 67.3 cm³/mol. The molecule has 0 aliphatic carbocycles. The zero-order valence-corrected chi connectivity index (χ0v) is 10.3. The Balaban J connectivity index is 3.21. The van der Waals surface area contributed by atoms with E-state index in [2.05, 4.69) is 5.92 Å². The second-order valence-corrected chi connectivity index (χ2v) is 3.77. The van der Waals surface area contributed by atoms with E-state index in [0.717, 1.165) is 0 Å². The van der Waals surface area contributed by atoms with Gasteiger partial charge in [-0.1, -0.05) is 5.92 Å². The van der Waals surface area contributed by atoms with Crippen molar-refractivity contribution in [3.05, 3.63) is 29.3 Å². The number of ether oxygens (including phenoxy) is 1. The molecule has 1 aromatic rings. The van der Waals surface area contributed by atoms with Crippen molar-refractivity contribution in [2.45, 2.75) is 0 Å². The van der Waals surface area contributed by atoms with Crippen molar-refractivity contribution < 1.29 is 14.3 Å². The van der Waals surface area contributed by atoms with E-state index in [1.54, 1.807) is 14.1 Å². The Morgan fingerprint density at radius 2 is 2.11 bits per heavy atom. The van der Waals surface area contributed by atoms with Crippen LogP contribution in [0.25, 0.3) is 0 Å². The summed E-state index contributed by atoms with van der Waals surface area (Å²) in [6.07, 6.45) is 5.10. The van der Waals surface area contributed by atoms with Crippen LogP contribution < -0.4 is 10.5 Å². The van der Waals surface area contributed by atoms with Gasteiger partial charge in [0.2, 0.25) is 5.91 Å². The zero-order valence-electron chi connectivity index (χ0n) is 10.3. The fourth-order valence-corrected chi connectivity index (χ4v) is 1.33. The van der Waals surface area contributed by atoms with Crippen molar-refractivity contribution in [1.29, 1.82) is 0 Å². The first-order valence-electron chi connectivity index (χ1n) is 5.19. The minimum Gasteiger partial charge on any atom is -0.480 e. The topological polar surface area (TPSA) is 72.6 Å². The van der Waals surface area contributed by atoms with Crippen LogP contribution in [0.15, 0.2) is 18.2 Å². The quantitative estimate of drug-likeness (QED) is 0.786. The van der Waals surface area contributed by atoms with Crippen LogP contribution in [0.1, 0.15) is 20.7 Å². The van der Waals surface area contributed by atoms with Gasteiger partial charge >= 0.3 is 0 Å².